The highest BCUT2D eigenvalue weighted by atomic mass is 16.1. The van der Waals surface area contributed by atoms with Crippen molar-refractivity contribution in [3.05, 3.63) is 52.8 Å². The highest BCUT2D eigenvalue weighted by Crippen LogP contribution is 2.24. The Balaban J connectivity index is 1.55. The number of carbonyl (C=O) groups is 1. The summed E-state index contributed by atoms with van der Waals surface area (Å²) in [5, 5.41) is 7.60. The zero-order chi connectivity index (χ0) is 18.0. The van der Waals surface area contributed by atoms with Crippen molar-refractivity contribution < 1.29 is 4.79 Å². The summed E-state index contributed by atoms with van der Waals surface area (Å²) in [4.78, 5) is 14.9. The first-order valence-corrected chi connectivity index (χ1v) is 9.03. The quantitative estimate of drug-likeness (QED) is 0.910. The van der Waals surface area contributed by atoms with Gasteiger partial charge in [0.05, 0.1) is 12.1 Å². The highest BCUT2D eigenvalue weighted by Gasteiger charge is 2.28. The Morgan fingerprint density at radius 3 is 2.68 bits per heavy atom. The van der Waals surface area contributed by atoms with Crippen LogP contribution >= 0.6 is 0 Å². The van der Waals surface area contributed by atoms with E-state index in [-0.39, 0.29) is 11.9 Å². The number of aromatic nitrogens is 2. The Hall–Kier alpha value is -2.14. The molecule has 134 valence electrons. The second kappa shape index (κ2) is 7.40. The van der Waals surface area contributed by atoms with Gasteiger partial charge in [-0.15, -0.1) is 0 Å². The zero-order valence-corrected chi connectivity index (χ0v) is 15.6. The van der Waals surface area contributed by atoms with Crippen LogP contribution in [-0.2, 0) is 18.3 Å². The van der Waals surface area contributed by atoms with E-state index in [1.807, 2.05) is 31.6 Å². The van der Waals surface area contributed by atoms with Crippen molar-refractivity contribution in [1.82, 2.24) is 20.0 Å². The Labute approximate surface area is 150 Å². The van der Waals surface area contributed by atoms with E-state index in [0.717, 1.165) is 36.5 Å². The highest BCUT2D eigenvalue weighted by molar-refractivity contribution is 5.79. The third kappa shape index (κ3) is 3.93. The van der Waals surface area contributed by atoms with E-state index in [9.17, 15) is 4.79 Å². The molecule has 0 spiro atoms. The first-order chi connectivity index (χ1) is 12.0. The molecule has 2 unspecified atom stereocenters. The van der Waals surface area contributed by atoms with Crippen LogP contribution in [0.25, 0.3) is 0 Å². The molecule has 1 N–H and O–H groups in total. The minimum Gasteiger partial charge on any atom is -0.352 e. The minimum atomic E-state index is 0.0958. The van der Waals surface area contributed by atoms with Gasteiger partial charge in [-0.1, -0.05) is 30.3 Å². The summed E-state index contributed by atoms with van der Waals surface area (Å²) in [6, 6.07) is 11.2. The topological polar surface area (TPSA) is 50.2 Å². The summed E-state index contributed by atoms with van der Waals surface area (Å²) in [6.45, 7) is 8.15. The number of carbonyl (C=O) groups excluding carboxylic acids is 1. The van der Waals surface area contributed by atoms with Crippen LogP contribution in [0.2, 0.25) is 0 Å². The van der Waals surface area contributed by atoms with Crippen molar-refractivity contribution in [2.24, 2.45) is 7.05 Å². The molecule has 1 amide bonds. The first-order valence-electron chi connectivity index (χ1n) is 9.03. The minimum absolute atomic E-state index is 0.0958. The predicted molar refractivity (Wildman–Crippen MR) is 99.4 cm³/mol. The van der Waals surface area contributed by atoms with Crippen LogP contribution in [0.1, 0.15) is 41.9 Å². The molecule has 1 fully saturated rings. The third-order valence-corrected chi connectivity index (χ3v) is 5.41. The number of rotatable bonds is 5. The molecule has 2 aromatic rings. The van der Waals surface area contributed by atoms with Gasteiger partial charge in [-0.2, -0.15) is 5.10 Å². The van der Waals surface area contributed by atoms with Gasteiger partial charge in [-0.3, -0.25) is 14.4 Å². The molecule has 2 heterocycles. The molecular weight excluding hydrogens is 312 g/mol. The summed E-state index contributed by atoms with van der Waals surface area (Å²) >= 11 is 0. The van der Waals surface area contributed by atoms with Crippen molar-refractivity contribution in [2.75, 3.05) is 13.1 Å². The lowest BCUT2D eigenvalue weighted by Crippen LogP contribution is -2.38. The largest absolute Gasteiger partial charge is 0.352 e. The number of likely N-dealkylation sites (tertiary alicyclic amines) is 1. The van der Waals surface area contributed by atoms with Gasteiger partial charge in [-0.05, 0) is 32.8 Å². The van der Waals surface area contributed by atoms with Crippen LogP contribution < -0.4 is 5.32 Å². The van der Waals surface area contributed by atoms with Crippen LogP contribution in [0.3, 0.4) is 0 Å². The Morgan fingerprint density at radius 1 is 1.32 bits per heavy atom. The Kier molecular flexibility index (Phi) is 5.23. The van der Waals surface area contributed by atoms with Crippen molar-refractivity contribution in [2.45, 2.75) is 45.7 Å². The molecule has 3 rings (SSSR count). The SMILES string of the molecule is Cc1nn(C)c(C)c1CC(=O)NC1CCN(C(C)c2ccccc2)C1. The van der Waals surface area contributed by atoms with Gasteiger partial charge in [0.2, 0.25) is 5.91 Å². The van der Waals surface area contributed by atoms with Crippen molar-refractivity contribution in [3.63, 3.8) is 0 Å². The van der Waals surface area contributed by atoms with E-state index < -0.39 is 0 Å². The van der Waals surface area contributed by atoms with Gasteiger partial charge in [0.15, 0.2) is 0 Å². The molecule has 0 aliphatic carbocycles. The molecule has 0 saturated carbocycles. The van der Waals surface area contributed by atoms with E-state index in [4.69, 9.17) is 0 Å². The van der Waals surface area contributed by atoms with Gasteiger partial charge in [-0.25, -0.2) is 0 Å². The molecule has 5 nitrogen and oxygen atoms in total. The molecular formula is C20H28N4O. The molecule has 1 aromatic carbocycles. The molecule has 5 heteroatoms. The standard InChI is InChI=1S/C20H28N4O/c1-14-19(16(3)23(4)22-14)12-20(25)21-18-10-11-24(13-18)15(2)17-8-6-5-7-9-17/h5-9,15,18H,10-13H2,1-4H3,(H,21,25). The fourth-order valence-electron chi connectivity index (χ4n) is 3.71. The maximum atomic E-state index is 12.5. The zero-order valence-electron chi connectivity index (χ0n) is 15.6. The van der Waals surface area contributed by atoms with Crippen molar-refractivity contribution in [3.8, 4) is 0 Å². The third-order valence-electron chi connectivity index (χ3n) is 5.41. The number of nitrogens with one attached hydrogen (secondary N) is 1. The van der Waals surface area contributed by atoms with Crippen LogP contribution in [0, 0.1) is 13.8 Å². The molecule has 25 heavy (non-hydrogen) atoms. The van der Waals surface area contributed by atoms with Crippen LogP contribution in [-0.4, -0.2) is 39.7 Å². The number of amides is 1. The van der Waals surface area contributed by atoms with E-state index in [0.29, 0.717) is 12.5 Å². The molecule has 1 aliphatic heterocycles. The molecule has 0 bridgehead atoms. The van der Waals surface area contributed by atoms with Gasteiger partial charge >= 0.3 is 0 Å². The summed E-state index contributed by atoms with van der Waals surface area (Å²) in [7, 11) is 1.92. The van der Waals surface area contributed by atoms with Crippen molar-refractivity contribution >= 4 is 5.91 Å². The summed E-state index contributed by atoms with van der Waals surface area (Å²) in [5.74, 6) is 0.0958. The van der Waals surface area contributed by atoms with E-state index in [1.165, 1.54) is 5.56 Å². The smallest absolute Gasteiger partial charge is 0.224 e. The normalized spacial score (nSPS) is 19.1. The summed E-state index contributed by atoms with van der Waals surface area (Å²) in [6.07, 6.45) is 1.42. The van der Waals surface area contributed by atoms with Gasteiger partial charge in [0.1, 0.15) is 0 Å². The molecule has 1 aromatic heterocycles. The Morgan fingerprint density at radius 2 is 2.04 bits per heavy atom. The second-order valence-electron chi connectivity index (χ2n) is 7.08. The average Bonchev–Trinajstić information content (AvgIpc) is 3.15. The fourth-order valence-corrected chi connectivity index (χ4v) is 3.71. The van der Waals surface area contributed by atoms with Crippen LogP contribution in [0.5, 0.6) is 0 Å². The maximum absolute atomic E-state index is 12.5. The maximum Gasteiger partial charge on any atom is 0.224 e. The molecule has 1 saturated heterocycles. The fraction of sp³-hybridized carbons (Fsp3) is 0.500. The van der Waals surface area contributed by atoms with E-state index >= 15 is 0 Å². The lowest BCUT2D eigenvalue weighted by molar-refractivity contribution is -0.121. The number of benzene rings is 1. The number of hydrogen-bond acceptors (Lipinski definition) is 3. The van der Waals surface area contributed by atoms with Crippen LogP contribution in [0.4, 0.5) is 0 Å². The van der Waals surface area contributed by atoms with Gasteiger partial charge < -0.3 is 5.32 Å². The predicted octanol–water partition coefficient (Wildman–Crippen LogP) is 2.53. The van der Waals surface area contributed by atoms with Crippen molar-refractivity contribution in [1.29, 1.82) is 0 Å². The number of aryl methyl sites for hydroxylation is 2. The number of nitrogens with zero attached hydrogens (tertiary/aromatic N) is 3. The number of hydrogen-bond donors (Lipinski definition) is 1. The summed E-state index contributed by atoms with van der Waals surface area (Å²) < 4.78 is 1.84. The lowest BCUT2D eigenvalue weighted by atomic mass is 10.1. The van der Waals surface area contributed by atoms with Crippen LogP contribution in [0.15, 0.2) is 30.3 Å². The molecule has 0 radical (unpaired) electrons. The van der Waals surface area contributed by atoms with E-state index in [1.54, 1.807) is 0 Å². The lowest BCUT2D eigenvalue weighted by Gasteiger charge is -2.24. The monoisotopic (exact) mass is 340 g/mol. The first kappa shape index (κ1) is 17.7. The van der Waals surface area contributed by atoms with E-state index in [2.05, 4.69) is 46.5 Å². The summed E-state index contributed by atoms with van der Waals surface area (Å²) in [5.41, 5.74) is 4.39. The van der Waals surface area contributed by atoms with Gasteiger partial charge in [0.25, 0.3) is 0 Å². The average molecular weight is 340 g/mol. The molecule has 1 aliphatic rings. The Bertz CT molecular complexity index is 738. The molecule has 2 atom stereocenters. The van der Waals surface area contributed by atoms with Gasteiger partial charge in [0, 0.05) is 43.5 Å². The second-order valence-corrected chi connectivity index (χ2v) is 7.08.